The second kappa shape index (κ2) is 16.9. The van der Waals surface area contributed by atoms with Crippen LogP contribution in [0.3, 0.4) is 0 Å². The summed E-state index contributed by atoms with van der Waals surface area (Å²) in [4.78, 5) is 38.0. The van der Waals surface area contributed by atoms with Crippen molar-refractivity contribution < 1.29 is 31.9 Å². The third-order valence-electron chi connectivity index (χ3n) is 10.2. The molecule has 2 amide bonds. The van der Waals surface area contributed by atoms with Gasteiger partial charge in [0.25, 0.3) is 16.0 Å². The Hall–Kier alpha value is -4.87. The van der Waals surface area contributed by atoms with E-state index in [9.17, 15) is 27.4 Å². The zero-order chi connectivity index (χ0) is 38.2. The van der Waals surface area contributed by atoms with Crippen LogP contribution in [0.2, 0.25) is 0 Å². The van der Waals surface area contributed by atoms with Gasteiger partial charge in [0.15, 0.2) is 5.71 Å². The molecule has 2 aliphatic heterocycles. The van der Waals surface area contributed by atoms with Crippen molar-refractivity contribution in [2.75, 3.05) is 36.8 Å². The van der Waals surface area contributed by atoms with Crippen molar-refractivity contribution in [3.8, 4) is 0 Å². The summed E-state index contributed by atoms with van der Waals surface area (Å²) < 4.78 is 34.5. The Bertz CT molecular complexity index is 2030. The van der Waals surface area contributed by atoms with Gasteiger partial charge in [0.1, 0.15) is 12.8 Å². The fourth-order valence-corrected chi connectivity index (χ4v) is 7.91. The first-order valence-corrected chi connectivity index (χ1v) is 19.9. The molecular weight excluding hydrogens is 689 g/mol. The first-order valence-electron chi connectivity index (χ1n) is 18.3. The lowest BCUT2D eigenvalue weighted by Gasteiger charge is -2.27. The van der Waals surface area contributed by atoms with Gasteiger partial charge < -0.3 is 15.5 Å². The molecule has 0 atom stereocenters. The summed E-state index contributed by atoms with van der Waals surface area (Å²) in [5.74, 6) is -0.593. The standard InChI is InChI=1S/C42H50N4O6S/c1-41(2)33-14-7-9-16-35(33)45(27-11-5-6-20-39(48)43-25-26-44-40(49)32-23-21-31(30-47)22-24-32)37(41)18-12-19-38-42(3,4)34-15-8-10-17-36(34)46(38)28-13-29-53(50,51)52/h7-10,12,14-19,21-24,30H,5-6,11,13,20,25-29H2,1-4H3,(H2-,43,44,48,49,50,51,52)/p+1. The van der Waals surface area contributed by atoms with Crippen LogP contribution in [0.15, 0.2) is 96.7 Å². The molecule has 53 heavy (non-hydrogen) atoms. The van der Waals surface area contributed by atoms with E-state index in [0.29, 0.717) is 43.6 Å². The second-order valence-corrected chi connectivity index (χ2v) is 16.3. The highest BCUT2D eigenvalue weighted by atomic mass is 32.2. The number of nitrogens with zero attached hydrogens (tertiary/aromatic N) is 2. The number of benzene rings is 3. The maximum Gasteiger partial charge on any atom is 0.265 e. The minimum atomic E-state index is -4.05. The minimum absolute atomic E-state index is 0.0468. The Labute approximate surface area is 313 Å². The Morgan fingerprint density at radius 2 is 1.51 bits per heavy atom. The number of para-hydroxylation sites is 2. The molecule has 3 aromatic carbocycles. The summed E-state index contributed by atoms with van der Waals surface area (Å²) in [6.07, 6.45) is 10.4. The third kappa shape index (κ3) is 9.39. The van der Waals surface area contributed by atoms with Gasteiger partial charge in [0.2, 0.25) is 11.6 Å². The van der Waals surface area contributed by atoms with Crippen molar-refractivity contribution in [2.24, 2.45) is 0 Å². The maximum absolute atomic E-state index is 12.5. The van der Waals surface area contributed by atoms with Crippen molar-refractivity contribution in [3.63, 3.8) is 0 Å². The smallest absolute Gasteiger partial charge is 0.265 e. The van der Waals surface area contributed by atoms with Crippen LogP contribution in [0, 0.1) is 0 Å². The fourth-order valence-electron chi connectivity index (χ4n) is 7.41. The van der Waals surface area contributed by atoms with Crippen LogP contribution in [0.5, 0.6) is 0 Å². The largest absolute Gasteiger partial charge is 0.354 e. The highest BCUT2D eigenvalue weighted by Gasteiger charge is 2.44. The molecule has 0 saturated carbocycles. The van der Waals surface area contributed by atoms with Crippen molar-refractivity contribution in [2.45, 2.75) is 70.6 Å². The SMILES string of the molecule is CC1(C)C(/C=C/C=C2\N(CCCCCC(=O)NCCNC(=O)c3ccc(C=O)cc3)c3ccccc3C2(C)C)=[N+](CCCS(=O)(=O)O)c2ccccc21. The summed E-state index contributed by atoms with van der Waals surface area (Å²) in [6.45, 7) is 10.8. The van der Waals surface area contributed by atoms with E-state index in [1.807, 2.05) is 12.1 Å². The van der Waals surface area contributed by atoms with E-state index in [0.717, 1.165) is 43.5 Å². The molecule has 3 N–H and O–H groups in total. The first kappa shape index (κ1) is 39.3. The Morgan fingerprint density at radius 3 is 2.23 bits per heavy atom. The van der Waals surface area contributed by atoms with E-state index >= 15 is 0 Å². The molecule has 0 unspecified atom stereocenters. The molecule has 280 valence electrons. The molecule has 0 radical (unpaired) electrons. The van der Waals surface area contributed by atoms with E-state index in [1.165, 1.54) is 22.5 Å². The van der Waals surface area contributed by atoms with Crippen molar-refractivity contribution >= 4 is 45.3 Å². The average Bonchev–Trinajstić information content (AvgIpc) is 3.48. The van der Waals surface area contributed by atoms with Crippen LogP contribution >= 0.6 is 0 Å². The maximum atomic E-state index is 12.5. The van der Waals surface area contributed by atoms with Gasteiger partial charge in [-0.05, 0) is 56.5 Å². The number of rotatable bonds is 17. The summed E-state index contributed by atoms with van der Waals surface area (Å²) in [6, 6.07) is 23.1. The summed E-state index contributed by atoms with van der Waals surface area (Å²) >= 11 is 0. The van der Waals surface area contributed by atoms with Gasteiger partial charge in [0, 0.05) is 78.1 Å². The number of fused-ring (bicyclic) bond motifs is 2. The van der Waals surface area contributed by atoms with E-state index in [2.05, 4.69) is 102 Å². The molecule has 0 aliphatic carbocycles. The number of aldehydes is 1. The number of unbranched alkanes of at least 4 members (excludes halogenated alkanes) is 2. The molecule has 0 aromatic heterocycles. The number of amides is 2. The van der Waals surface area contributed by atoms with Gasteiger partial charge in [-0.3, -0.25) is 18.9 Å². The monoisotopic (exact) mass is 739 g/mol. The number of allylic oxidation sites excluding steroid dienone is 4. The van der Waals surface area contributed by atoms with E-state index in [1.54, 1.807) is 24.3 Å². The van der Waals surface area contributed by atoms with Crippen LogP contribution in [0.1, 0.15) is 91.6 Å². The molecule has 0 fully saturated rings. The molecule has 11 heteroatoms. The van der Waals surface area contributed by atoms with Gasteiger partial charge in [-0.25, -0.2) is 0 Å². The topological polar surface area (TPSA) is 136 Å². The number of hydrogen-bond donors (Lipinski definition) is 3. The first-order chi connectivity index (χ1) is 25.2. The Kier molecular flexibility index (Phi) is 12.5. The molecule has 3 aromatic rings. The van der Waals surface area contributed by atoms with Gasteiger partial charge >= 0.3 is 0 Å². The van der Waals surface area contributed by atoms with Crippen molar-refractivity contribution in [3.05, 3.63) is 119 Å². The molecule has 2 aliphatic rings. The fraction of sp³-hybridized carbons (Fsp3) is 0.381. The quantitative estimate of drug-likeness (QED) is 0.0623. The lowest BCUT2D eigenvalue weighted by atomic mass is 9.81. The highest BCUT2D eigenvalue weighted by Crippen LogP contribution is 2.48. The Morgan fingerprint density at radius 1 is 0.830 bits per heavy atom. The lowest BCUT2D eigenvalue weighted by Crippen LogP contribution is -2.34. The molecular formula is C42H51N4O6S+. The summed E-state index contributed by atoms with van der Waals surface area (Å²) in [5.41, 5.74) is 7.35. The minimum Gasteiger partial charge on any atom is -0.354 e. The molecule has 10 nitrogen and oxygen atoms in total. The van der Waals surface area contributed by atoms with Crippen molar-refractivity contribution in [1.82, 2.24) is 10.6 Å². The summed E-state index contributed by atoms with van der Waals surface area (Å²) in [7, 11) is -4.05. The zero-order valence-corrected chi connectivity index (χ0v) is 31.9. The predicted octanol–water partition coefficient (Wildman–Crippen LogP) is 6.50. The zero-order valence-electron chi connectivity index (χ0n) is 31.1. The predicted molar refractivity (Wildman–Crippen MR) is 210 cm³/mol. The van der Waals surface area contributed by atoms with Gasteiger partial charge in [-0.15, -0.1) is 0 Å². The Balaban J connectivity index is 1.19. The highest BCUT2D eigenvalue weighted by molar-refractivity contribution is 7.85. The van der Waals surface area contributed by atoms with Crippen LogP contribution in [0.25, 0.3) is 0 Å². The van der Waals surface area contributed by atoms with Gasteiger partial charge in [-0.1, -0.05) is 74.9 Å². The van der Waals surface area contributed by atoms with Crippen LogP contribution in [0.4, 0.5) is 11.4 Å². The summed E-state index contributed by atoms with van der Waals surface area (Å²) in [5, 5.41) is 5.66. The normalized spacial score (nSPS) is 16.5. The molecule has 0 saturated heterocycles. The average molecular weight is 740 g/mol. The van der Waals surface area contributed by atoms with Gasteiger partial charge in [0.05, 0.1) is 11.2 Å². The molecule has 5 rings (SSSR count). The number of nitrogens with one attached hydrogen (secondary N) is 2. The number of carbonyl (C=O) groups excluding carboxylic acids is 3. The number of carbonyl (C=O) groups is 3. The van der Waals surface area contributed by atoms with E-state index < -0.39 is 10.1 Å². The van der Waals surface area contributed by atoms with Crippen LogP contribution in [-0.2, 0) is 25.7 Å². The van der Waals surface area contributed by atoms with E-state index in [-0.39, 0.29) is 28.4 Å². The number of anilines is 1. The lowest BCUT2D eigenvalue weighted by molar-refractivity contribution is -0.437. The van der Waals surface area contributed by atoms with Crippen LogP contribution in [-0.4, -0.2) is 73.3 Å². The van der Waals surface area contributed by atoms with Crippen LogP contribution < -0.4 is 15.5 Å². The van der Waals surface area contributed by atoms with Crippen molar-refractivity contribution in [1.29, 1.82) is 0 Å². The molecule has 0 spiro atoms. The molecule has 0 bridgehead atoms. The van der Waals surface area contributed by atoms with E-state index in [4.69, 9.17) is 0 Å². The second-order valence-electron chi connectivity index (χ2n) is 14.7. The van der Waals surface area contributed by atoms with Gasteiger partial charge in [-0.2, -0.15) is 13.0 Å². The third-order valence-corrected chi connectivity index (χ3v) is 11.0. The molecule has 2 heterocycles. The number of hydrogen-bond acceptors (Lipinski definition) is 6.